The zero-order chi connectivity index (χ0) is 20.2. The van der Waals surface area contributed by atoms with Gasteiger partial charge in [-0.2, -0.15) is 5.10 Å². The molecule has 8 heteroatoms. The van der Waals surface area contributed by atoms with Crippen LogP contribution in [0, 0.1) is 11.2 Å². The lowest BCUT2D eigenvalue weighted by atomic mass is 9.63. The molecule has 1 aliphatic carbocycles. The first kappa shape index (κ1) is 18.1. The van der Waals surface area contributed by atoms with Crippen LogP contribution in [0.5, 0.6) is 0 Å². The number of benzene rings is 1. The van der Waals surface area contributed by atoms with Crippen molar-refractivity contribution >= 4 is 16.9 Å². The maximum Gasteiger partial charge on any atom is 0.266 e. The van der Waals surface area contributed by atoms with E-state index < -0.39 is 17.8 Å². The van der Waals surface area contributed by atoms with Gasteiger partial charge in [-0.15, -0.1) is 0 Å². The van der Waals surface area contributed by atoms with Gasteiger partial charge < -0.3 is 4.90 Å². The third kappa shape index (κ3) is 3.07. The summed E-state index contributed by atoms with van der Waals surface area (Å²) in [7, 11) is 0. The fourth-order valence-corrected chi connectivity index (χ4v) is 4.29. The van der Waals surface area contributed by atoms with Crippen molar-refractivity contribution in [1.29, 1.82) is 0 Å². The van der Waals surface area contributed by atoms with Gasteiger partial charge in [-0.3, -0.25) is 14.5 Å². The lowest BCUT2D eigenvalue weighted by molar-refractivity contribution is -0.150. The lowest BCUT2D eigenvalue weighted by Crippen LogP contribution is -2.61. The largest absolute Gasteiger partial charge is 0.340 e. The van der Waals surface area contributed by atoms with E-state index in [1.807, 2.05) is 4.90 Å². The number of rotatable bonds is 4. The van der Waals surface area contributed by atoms with Gasteiger partial charge in [0.25, 0.3) is 6.43 Å². The van der Waals surface area contributed by atoms with Gasteiger partial charge in [-0.25, -0.2) is 13.2 Å². The van der Waals surface area contributed by atoms with Gasteiger partial charge in [-0.1, -0.05) is 12.5 Å². The predicted molar refractivity (Wildman–Crippen MR) is 101 cm³/mol. The number of alkyl halides is 2. The zero-order valence-corrected chi connectivity index (χ0v) is 15.6. The third-order valence-electron chi connectivity index (χ3n) is 6.16. The molecule has 5 rings (SSSR count). The Kier molecular flexibility index (Phi) is 4.11. The van der Waals surface area contributed by atoms with E-state index in [0.29, 0.717) is 27.6 Å². The average Bonchev–Trinajstić information content (AvgIpc) is 3.01. The van der Waals surface area contributed by atoms with E-state index in [2.05, 4.69) is 10.1 Å². The van der Waals surface area contributed by atoms with E-state index in [4.69, 9.17) is 0 Å². The number of halogens is 3. The van der Waals surface area contributed by atoms with E-state index in [1.54, 1.807) is 16.9 Å². The minimum atomic E-state index is -2.90. The molecule has 0 radical (unpaired) electrons. The number of nitrogens with zero attached hydrogens (tertiary/aromatic N) is 4. The molecule has 0 atom stereocenters. The Morgan fingerprint density at radius 3 is 2.62 bits per heavy atom. The molecule has 3 aromatic rings. The lowest BCUT2D eigenvalue weighted by Gasteiger charge is -2.55. The summed E-state index contributed by atoms with van der Waals surface area (Å²) in [5, 5.41) is 4.27. The van der Waals surface area contributed by atoms with Crippen molar-refractivity contribution in [3.05, 3.63) is 48.0 Å². The van der Waals surface area contributed by atoms with E-state index >= 15 is 0 Å². The first-order valence-corrected chi connectivity index (χ1v) is 9.61. The van der Waals surface area contributed by atoms with Crippen LogP contribution in [-0.2, 0) is 11.3 Å². The second-order valence-corrected chi connectivity index (χ2v) is 8.07. The van der Waals surface area contributed by atoms with Gasteiger partial charge in [0.1, 0.15) is 17.9 Å². The highest BCUT2D eigenvalue weighted by molar-refractivity contribution is 5.83. The molecule has 1 saturated heterocycles. The minimum Gasteiger partial charge on any atom is -0.340 e. The van der Waals surface area contributed by atoms with Crippen molar-refractivity contribution in [2.24, 2.45) is 5.41 Å². The number of fused-ring (bicyclic) bond motifs is 1. The molecule has 150 valence electrons. The van der Waals surface area contributed by atoms with Crippen molar-refractivity contribution in [2.45, 2.75) is 32.2 Å². The van der Waals surface area contributed by atoms with Crippen LogP contribution in [0.2, 0.25) is 0 Å². The molecule has 29 heavy (non-hydrogen) atoms. The van der Waals surface area contributed by atoms with Gasteiger partial charge in [0.2, 0.25) is 5.91 Å². The number of hydrogen-bond donors (Lipinski definition) is 0. The third-order valence-corrected chi connectivity index (χ3v) is 6.16. The first-order valence-electron chi connectivity index (χ1n) is 9.61. The van der Waals surface area contributed by atoms with Crippen LogP contribution in [0.1, 0.15) is 31.3 Å². The summed E-state index contributed by atoms with van der Waals surface area (Å²) in [5.74, 6) is -0.924. The van der Waals surface area contributed by atoms with E-state index in [1.165, 1.54) is 31.5 Å². The van der Waals surface area contributed by atoms with Crippen LogP contribution in [0.15, 0.2) is 36.7 Å². The summed E-state index contributed by atoms with van der Waals surface area (Å²) < 4.78 is 41.2. The van der Waals surface area contributed by atoms with Gasteiger partial charge in [0.05, 0.1) is 17.3 Å². The molecule has 1 aliphatic heterocycles. The number of carbonyl (C=O) groups excluding carboxylic acids is 1. The summed E-state index contributed by atoms with van der Waals surface area (Å²) in [4.78, 5) is 18.8. The summed E-state index contributed by atoms with van der Waals surface area (Å²) in [6.45, 7) is 1.75. The van der Waals surface area contributed by atoms with Crippen molar-refractivity contribution in [3.63, 3.8) is 0 Å². The summed E-state index contributed by atoms with van der Waals surface area (Å²) >= 11 is 0. The molecule has 0 unspecified atom stereocenters. The predicted octanol–water partition coefficient (Wildman–Crippen LogP) is 4.19. The number of aromatic nitrogens is 3. The number of pyridine rings is 1. The Labute approximate surface area is 165 Å². The highest BCUT2D eigenvalue weighted by Crippen LogP contribution is 2.48. The molecule has 3 heterocycles. The minimum absolute atomic E-state index is 0.0136. The van der Waals surface area contributed by atoms with E-state index in [-0.39, 0.29) is 12.5 Å². The summed E-state index contributed by atoms with van der Waals surface area (Å²) in [6, 6.07) is 5.34. The molecule has 1 spiro atoms. The van der Waals surface area contributed by atoms with Crippen LogP contribution in [0.4, 0.5) is 13.2 Å². The van der Waals surface area contributed by atoms with Crippen LogP contribution in [0.3, 0.4) is 0 Å². The van der Waals surface area contributed by atoms with Crippen molar-refractivity contribution < 1.29 is 18.0 Å². The number of amides is 1. The molecule has 0 N–H and O–H groups in total. The monoisotopic (exact) mass is 400 g/mol. The Bertz CT molecular complexity index is 1100. The molecule has 1 aromatic carbocycles. The molecule has 2 aromatic heterocycles. The molecular weight excluding hydrogens is 381 g/mol. The quantitative estimate of drug-likeness (QED) is 0.660. The normalized spacial score (nSPS) is 17.6. The highest BCUT2D eigenvalue weighted by atomic mass is 19.3. The topological polar surface area (TPSA) is 51.0 Å². The number of hydrogen-bond acceptors (Lipinski definition) is 3. The van der Waals surface area contributed by atoms with Gasteiger partial charge in [-0.05, 0) is 36.6 Å². The smallest absolute Gasteiger partial charge is 0.266 e. The summed E-state index contributed by atoms with van der Waals surface area (Å²) in [6.07, 6.45) is 3.86. The van der Waals surface area contributed by atoms with Crippen LogP contribution in [0.25, 0.3) is 22.2 Å². The fraction of sp³-hybridized carbons (Fsp3) is 0.381. The highest BCUT2D eigenvalue weighted by Gasteiger charge is 2.48. The molecule has 2 fully saturated rings. The van der Waals surface area contributed by atoms with Crippen LogP contribution >= 0.6 is 0 Å². The maximum absolute atomic E-state index is 13.6. The SMILES string of the molecule is O=C(Cn1ncc2ncc(-c3ccc(F)c(C(F)F)c3)cc21)N1CC2(CCC2)C1. The average molecular weight is 400 g/mol. The van der Waals surface area contributed by atoms with Crippen LogP contribution < -0.4 is 0 Å². The molecule has 1 amide bonds. The van der Waals surface area contributed by atoms with Crippen molar-refractivity contribution in [3.8, 4) is 11.1 Å². The second kappa shape index (κ2) is 6.57. The van der Waals surface area contributed by atoms with Crippen LogP contribution in [-0.4, -0.2) is 38.7 Å². The number of likely N-dealkylation sites (tertiary alicyclic amines) is 1. The van der Waals surface area contributed by atoms with E-state index in [0.717, 1.165) is 25.2 Å². The van der Waals surface area contributed by atoms with Crippen molar-refractivity contribution in [1.82, 2.24) is 19.7 Å². The summed E-state index contributed by atoms with van der Waals surface area (Å²) in [5.41, 5.74) is 1.96. The Morgan fingerprint density at radius 2 is 1.93 bits per heavy atom. The van der Waals surface area contributed by atoms with Gasteiger partial charge in [0, 0.05) is 30.3 Å². The number of carbonyl (C=O) groups is 1. The molecule has 0 bridgehead atoms. The van der Waals surface area contributed by atoms with E-state index in [9.17, 15) is 18.0 Å². The first-order chi connectivity index (χ1) is 13.9. The standard InChI is InChI=1S/C21H19F3N4O/c22-16-3-2-13(6-15(16)20(23)24)14-7-18-17(25-8-14)9-26-28(18)10-19(29)27-11-21(12-27)4-1-5-21/h2-3,6-9,20H,1,4-5,10-12H2. The molecular formula is C21H19F3N4O. The Morgan fingerprint density at radius 1 is 1.14 bits per heavy atom. The molecule has 2 aliphatic rings. The zero-order valence-electron chi connectivity index (χ0n) is 15.6. The fourth-order valence-electron chi connectivity index (χ4n) is 4.29. The van der Waals surface area contributed by atoms with Gasteiger partial charge >= 0.3 is 0 Å². The molecule has 5 nitrogen and oxygen atoms in total. The Balaban J connectivity index is 1.40. The van der Waals surface area contributed by atoms with Gasteiger partial charge in [0.15, 0.2) is 0 Å². The maximum atomic E-state index is 13.6. The molecule has 1 saturated carbocycles. The Hall–Kier alpha value is -2.90. The second-order valence-electron chi connectivity index (χ2n) is 8.07. The van der Waals surface area contributed by atoms with Crippen molar-refractivity contribution in [2.75, 3.05) is 13.1 Å².